The van der Waals surface area contributed by atoms with E-state index in [0.717, 1.165) is 18.4 Å². The maximum Gasteiger partial charge on any atom is 0.295 e. The fourth-order valence-corrected chi connectivity index (χ4v) is 3.95. The standard InChI is InChI=1S/C26H31NO7/c1-5-6-12-34-20-10-8-18(14-16(20)2)24(29)22-23(17-7-9-19(28)21(15-17)33-4)27(11-13-32-3)26(31)25(22)30/h7-10,14-15,23,28-29H,5-6,11-13H2,1-4H3/b24-22+. The Balaban J connectivity index is 2.09. The smallest absolute Gasteiger partial charge is 0.295 e. The van der Waals surface area contributed by atoms with Gasteiger partial charge in [-0.15, -0.1) is 0 Å². The molecule has 182 valence electrons. The van der Waals surface area contributed by atoms with Gasteiger partial charge in [-0.3, -0.25) is 9.59 Å². The van der Waals surface area contributed by atoms with Crippen molar-refractivity contribution in [2.45, 2.75) is 32.7 Å². The van der Waals surface area contributed by atoms with Gasteiger partial charge in [-0.05, 0) is 54.8 Å². The molecule has 8 heteroatoms. The van der Waals surface area contributed by atoms with Crippen molar-refractivity contribution < 1.29 is 34.0 Å². The average molecular weight is 470 g/mol. The highest BCUT2D eigenvalue weighted by atomic mass is 16.5. The number of carbonyl (C=O) groups excluding carboxylic acids is 2. The lowest BCUT2D eigenvalue weighted by atomic mass is 9.94. The number of rotatable bonds is 10. The van der Waals surface area contributed by atoms with Crippen molar-refractivity contribution in [1.29, 1.82) is 0 Å². The molecule has 1 fully saturated rings. The first-order valence-electron chi connectivity index (χ1n) is 11.2. The summed E-state index contributed by atoms with van der Waals surface area (Å²) in [5.41, 5.74) is 1.69. The van der Waals surface area contributed by atoms with Gasteiger partial charge in [0.25, 0.3) is 11.7 Å². The fourth-order valence-electron chi connectivity index (χ4n) is 3.95. The Hall–Kier alpha value is -3.52. The predicted molar refractivity (Wildman–Crippen MR) is 127 cm³/mol. The summed E-state index contributed by atoms with van der Waals surface area (Å²) in [6.45, 7) is 4.89. The molecule has 1 atom stereocenters. The third kappa shape index (κ3) is 5.02. The van der Waals surface area contributed by atoms with Gasteiger partial charge in [0.15, 0.2) is 11.5 Å². The Labute approximate surface area is 199 Å². The first kappa shape index (κ1) is 25.1. The molecular formula is C26H31NO7. The second-order valence-electron chi connectivity index (χ2n) is 8.10. The minimum Gasteiger partial charge on any atom is -0.507 e. The number of aliphatic hydroxyl groups is 1. The van der Waals surface area contributed by atoms with Crippen LogP contribution < -0.4 is 9.47 Å². The minimum atomic E-state index is -0.870. The molecule has 1 unspecified atom stereocenters. The summed E-state index contributed by atoms with van der Waals surface area (Å²) in [7, 11) is 2.91. The van der Waals surface area contributed by atoms with E-state index < -0.39 is 17.7 Å². The van der Waals surface area contributed by atoms with Crippen LogP contribution in [0.25, 0.3) is 5.76 Å². The summed E-state index contributed by atoms with van der Waals surface area (Å²) >= 11 is 0. The van der Waals surface area contributed by atoms with E-state index in [0.29, 0.717) is 23.5 Å². The SMILES string of the molecule is CCCCOc1ccc(/C(O)=C2\C(=O)C(=O)N(CCOC)C2c2ccc(O)c(OC)c2)cc1C. The summed E-state index contributed by atoms with van der Waals surface area (Å²) < 4.78 is 16.1. The Morgan fingerprint density at radius 3 is 2.47 bits per heavy atom. The molecule has 0 bridgehead atoms. The molecule has 8 nitrogen and oxygen atoms in total. The number of phenolic OH excluding ortho intramolecular Hbond substituents is 1. The molecule has 2 aromatic rings. The highest BCUT2D eigenvalue weighted by Gasteiger charge is 2.46. The van der Waals surface area contributed by atoms with Crippen molar-refractivity contribution in [1.82, 2.24) is 4.90 Å². The van der Waals surface area contributed by atoms with Crippen molar-refractivity contribution in [2.75, 3.05) is 34.0 Å². The third-order valence-corrected chi connectivity index (χ3v) is 5.80. The molecule has 0 saturated carbocycles. The molecule has 0 radical (unpaired) electrons. The summed E-state index contributed by atoms with van der Waals surface area (Å²) in [4.78, 5) is 27.3. The van der Waals surface area contributed by atoms with E-state index in [2.05, 4.69) is 6.92 Å². The topological polar surface area (TPSA) is 106 Å². The Morgan fingerprint density at radius 2 is 1.82 bits per heavy atom. The zero-order chi connectivity index (χ0) is 24.8. The number of benzene rings is 2. The number of methoxy groups -OCH3 is 2. The first-order chi connectivity index (χ1) is 16.3. The number of aliphatic hydroxyl groups excluding tert-OH is 1. The monoisotopic (exact) mass is 469 g/mol. The first-order valence-corrected chi connectivity index (χ1v) is 11.2. The van der Waals surface area contributed by atoms with E-state index in [9.17, 15) is 19.8 Å². The van der Waals surface area contributed by atoms with Crippen molar-refractivity contribution in [2.24, 2.45) is 0 Å². The van der Waals surface area contributed by atoms with Gasteiger partial charge >= 0.3 is 0 Å². The normalized spacial score (nSPS) is 17.3. The van der Waals surface area contributed by atoms with Crippen molar-refractivity contribution >= 4 is 17.4 Å². The Bertz CT molecular complexity index is 1090. The predicted octanol–water partition coefficient (Wildman–Crippen LogP) is 3.96. The number of aryl methyl sites for hydroxylation is 1. The van der Waals surface area contributed by atoms with Crippen LogP contribution in [-0.4, -0.2) is 60.8 Å². The number of carbonyl (C=O) groups is 2. The molecule has 1 amide bonds. The number of hydrogen-bond donors (Lipinski definition) is 2. The molecule has 2 N–H and O–H groups in total. The highest BCUT2D eigenvalue weighted by molar-refractivity contribution is 6.46. The van der Waals surface area contributed by atoms with Gasteiger partial charge in [0.2, 0.25) is 0 Å². The summed E-state index contributed by atoms with van der Waals surface area (Å²) in [6, 6.07) is 8.85. The van der Waals surface area contributed by atoms with Gasteiger partial charge in [-0.1, -0.05) is 19.4 Å². The van der Waals surface area contributed by atoms with E-state index >= 15 is 0 Å². The summed E-state index contributed by atoms with van der Waals surface area (Å²) in [6.07, 6.45) is 1.95. The van der Waals surface area contributed by atoms with E-state index in [4.69, 9.17) is 14.2 Å². The largest absolute Gasteiger partial charge is 0.507 e. The number of ether oxygens (including phenoxy) is 3. The molecule has 1 aliphatic rings. The highest BCUT2D eigenvalue weighted by Crippen LogP contribution is 2.42. The van der Waals surface area contributed by atoms with Crippen LogP contribution in [-0.2, 0) is 14.3 Å². The van der Waals surface area contributed by atoms with E-state index in [-0.39, 0.29) is 36.0 Å². The van der Waals surface area contributed by atoms with E-state index in [1.807, 2.05) is 6.92 Å². The molecule has 0 aliphatic carbocycles. The summed E-state index contributed by atoms with van der Waals surface area (Å²) in [5, 5.41) is 21.2. The lowest BCUT2D eigenvalue weighted by Gasteiger charge is -2.25. The van der Waals surface area contributed by atoms with Gasteiger partial charge in [-0.25, -0.2) is 0 Å². The zero-order valence-electron chi connectivity index (χ0n) is 20.0. The number of unbranched alkanes of at least 4 members (excludes halogenated alkanes) is 1. The summed E-state index contributed by atoms with van der Waals surface area (Å²) in [5.74, 6) is -0.976. The number of likely N-dealkylation sites (tertiary alicyclic amines) is 1. The van der Waals surface area contributed by atoms with Crippen molar-refractivity contribution in [3.63, 3.8) is 0 Å². The number of Topliss-reactive ketones (excluding diaryl/α,β-unsaturated/α-hetero) is 1. The number of amides is 1. The van der Waals surface area contributed by atoms with Gasteiger partial charge in [-0.2, -0.15) is 0 Å². The molecule has 0 spiro atoms. The molecular weight excluding hydrogens is 438 g/mol. The number of hydrogen-bond acceptors (Lipinski definition) is 7. The van der Waals surface area contributed by atoms with Crippen LogP contribution in [0.1, 0.15) is 42.5 Å². The Kier molecular flexibility index (Phi) is 8.17. The van der Waals surface area contributed by atoms with Crippen LogP contribution in [0.3, 0.4) is 0 Å². The number of aromatic hydroxyl groups is 1. The van der Waals surface area contributed by atoms with E-state index in [1.54, 1.807) is 30.3 Å². The van der Waals surface area contributed by atoms with Gasteiger partial charge in [0, 0.05) is 19.2 Å². The van der Waals surface area contributed by atoms with Crippen LogP contribution >= 0.6 is 0 Å². The van der Waals surface area contributed by atoms with Crippen LogP contribution in [0.4, 0.5) is 0 Å². The third-order valence-electron chi connectivity index (χ3n) is 5.80. The molecule has 1 aliphatic heterocycles. The number of phenols is 1. The molecule has 1 heterocycles. The average Bonchev–Trinajstić information content (AvgIpc) is 3.08. The van der Waals surface area contributed by atoms with E-state index in [1.165, 1.54) is 25.2 Å². The van der Waals surface area contributed by atoms with Gasteiger partial charge in [0.1, 0.15) is 11.5 Å². The fraction of sp³-hybridized carbons (Fsp3) is 0.385. The van der Waals surface area contributed by atoms with Crippen LogP contribution in [0.2, 0.25) is 0 Å². The lowest BCUT2D eigenvalue weighted by Crippen LogP contribution is -2.32. The van der Waals surface area contributed by atoms with Crippen molar-refractivity contribution in [3.05, 3.63) is 58.7 Å². The molecule has 34 heavy (non-hydrogen) atoms. The molecule has 1 saturated heterocycles. The maximum absolute atomic E-state index is 13.1. The second-order valence-corrected chi connectivity index (χ2v) is 8.10. The number of ketones is 1. The molecule has 2 aromatic carbocycles. The quantitative estimate of drug-likeness (QED) is 0.235. The Morgan fingerprint density at radius 1 is 1.06 bits per heavy atom. The van der Waals surface area contributed by atoms with Crippen molar-refractivity contribution in [3.8, 4) is 17.2 Å². The molecule has 0 aromatic heterocycles. The zero-order valence-corrected chi connectivity index (χ0v) is 20.0. The maximum atomic E-state index is 13.1. The second kappa shape index (κ2) is 11.1. The lowest BCUT2D eigenvalue weighted by molar-refractivity contribution is -0.140. The van der Waals surface area contributed by atoms with Crippen LogP contribution in [0, 0.1) is 6.92 Å². The van der Waals surface area contributed by atoms with Crippen LogP contribution in [0.15, 0.2) is 42.0 Å². The van der Waals surface area contributed by atoms with Gasteiger partial charge < -0.3 is 29.3 Å². The minimum absolute atomic E-state index is 0.0344. The number of nitrogens with zero attached hydrogens (tertiary/aromatic N) is 1. The molecule has 3 rings (SSSR count). The van der Waals surface area contributed by atoms with Gasteiger partial charge in [0.05, 0.1) is 31.9 Å². The van der Waals surface area contributed by atoms with Crippen LogP contribution in [0.5, 0.6) is 17.2 Å².